The molecule has 0 spiro atoms. The molecule has 1 atom stereocenters. The fraction of sp³-hybridized carbons (Fsp3) is 0.946. The topological polar surface area (TPSA) is 195 Å². The van der Waals surface area contributed by atoms with E-state index in [1.54, 1.807) is 0 Å². The fourth-order valence-corrected chi connectivity index (χ4v) is 3.82. The highest BCUT2D eigenvalue weighted by atomic mass is 16.6. The molecular weight excluding hydrogens is 710 g/mol. The Bertz CT molecular complexity index is 810. The lowest BCUT2D eigenvalue weighted by Gasteiger charge is -2.26. The second-order valence-electron chi connectivity index (χ2n) is 13.0. The van der Waals surface area contributed by atoms with E-state index in [1.165, 1.54) is 0 Å². The van der Waals surface area contributed by atoms with Crippen LogP contribution >= 0.6 is 0 Å². The summed E-state index contributed by atoms with van der Waals surface area (Å²) in [5, 5.41) is 5.58. The first kappa shape index (κ1) is 52.4. The third kappa shape index (κ3) is 41.6. The van der Waals surface area contributed by atoms with Gasteiger partial charge in [-0.15, -0.1) is 0 Å². The summed E-state index contributed by atoms with van der Waals surface area (Å²) in [4.78, 5) is 23.8. The van der Waals surface area contributed by atoms with Crippen LogP contribution in [-0.2, 0) is 66.4 Å². The molecule has 2 amide bonds. The van der Waals surface area contributed by atoms with E-state index < -0.39 is 0 Å². The Kier molecular flexibility index (Phi) is 39.9. The Labute approximate surface area is 324 Å². The number of hydrogen-bond donors (Lipinski definition) is 3. The van der Waals surface area contributed by atoms with Crippen molar-refractivity contribution in [3.05, 3.63) is 0 Å². The van der Waals surface area contributed by atoms with Crippen molar-refractivity contribution in [2.24, 2.45) is 11.1 Å². The first-order chi connectivity index (χ1) is 26.3. The second-order valence-corrected chi connectivity index (χ2v) is 13.0. The fourth-order valence-electron chi connectivity index (χ4n) is 3.82. The van der Waals surface area contributed by atoms with Crippen molar-refractivity contribution in [2.45, 2.75) is 53.0 Å². The Balaban J connectivity index is 3.25. The molecule has 0 aliphatic heterocycles. The number of rotatable bonds is 43. The van der Waals surface area contributed by atoms with Gasteiger partial charge in [0.05, 0.1) is 152 Å². The van der Waals surface area contributed by atoms with Crippen molar-refractivity contribution in [2.75, 3.05) is 172 Å². The van der Waals surface area contributed by atoms with E-state index in [0.717, 1.165) is 13.0 Å². The number of nitrogens with two attached hydrogens (primary N) is 1. The number of carbonyl (C=O) groups is 2. The summed E-state index contributed by atoms with van der Waals surface area (Å²) in [6.07, 6.45) is 1.55. The van der Waals surface area contributed by atoms with Crippen LogP contribution in [0.15, 0.2) is 0 Å². The number of nitrogens with one attached hydrogen (secondary N) is 2. The molecule has 17 nitrogen and oxygen atoms in total. The van der Waals surface area contributed by atoms with Crippen LogP contribution in [0.25, 0.3) is 0 Å². The molecule has 4 N–H and O–H groups in total. The molecule has 0 saturated heterocycles. The number of ether oxygens (including phenoxy) is 12. The van der Waals surface area contributed by atoms with Gasteiger partial charge >= 0.3 is 0 Å². The van der Waals surface area contributed by atoms with Crippen molar-refractivity contribution >= 4 is 11.8 Å². The standard InChI is InChI=1S/C37H75N3O14/c1-5-10-43-15-20-48-25-27-51-23-18-46-13-8-39-35(41)6-11-44-16-21-49-26-28-52-24-19-47-14-9-40-36(42)7-12-45-17-22-50-29-30-53-31-32-54-33-34(38)37(2,3)4/h34H,5-33,38H2,1-4H3,(H,39,41)(H,40,42). The average molecular weight is 786 g/mol. The summed E-state index contributed by atoms with van der Waals surface area (Å²) in [7, 11) is 0. The Hall–Kier alpha value is -1.58. The molecule has 0 aromatic carbocycles. The van der Waals surface area contributed by atoms with Crippen LogP contribution < -0.4 is 16.4 Å². The lowest BCUT2D eigenvalue weighted by molar-refractivity contribution is -0.123. The zero-order chi connectivity index (χ0) is 39.6. The van der Waals surface area contributed by atoms with E-state index in [4.69, 9.17) is 62.6 Å². The van der Waals surface area contributed by atoms with Gasteiger partial charge in [-0.1, -0.05) is 27.7 Å². The van der Waals surface area contributed by atoms with Gasteiger partial charge in [0.15, 0.2) is 0 Å². The van der Waals surface area contributed by atoms with Gasteiger partial charge in [-0.25, -0.2) is 0 Å². The third-order valence-corrected chi connectivity index (χ3v) is 7.19. The largest absolute Gasteiger partial charge is 0.379 e. The van der Waals surface area contributed by atoms with Gasteiger partial charge in [0.1, 0.15) is 0 Å². The molecule has 0 radical (unpaired) electrons. The predicted molar refractivity (Wildman–Crippen MR) is 203 cm³/mol. The van der Waals surface area contributed by atoms with Gasteiger partial charge in [0, 0.05) is 38.6 Å². The van der Waals surface area contributed by atoms with Crippen molar-refractivity contribution < 1.29 is 66.4 Å². The molecule has 322 valence electrons. The minimum Gasteiger partial charge on any atom is -0.379 e. The van der Waals surface area contributed by atoms with Gasteiger partial charge in [-0.2, -0.15) is 0 Å². The molecule has 0 aliphatic carbocycles. The average Bonchev–Trinajstić information content (AvgIpc) is 3.14. The Morgan fingerprint density at radius 1 is 0.426 bits per heavy atom. The zero-order valence-electron chi connectivity index (χ0n) is 33.9. The summed E-state index contributed by atoms with van der Waals surface area (Å²) in [6, 6.07) is -0.00942. The normalized spacial score (nSPS) is 12.3. The van der Waals surface area contributed by atoms with Gasteiger partial charge in [-0.3, -0.25) is 9.59 Å². The van der Waals surface area contributed by atoms with Crippen molar-refractivity contribution in [1.29, 1.82) is 0 Å². The molecule has 54 heavy (non-hydrogen) atoms. The summed E-state index contributed by atoms with van der Waals surface area (Å²) in [5.41, 5.74) is 6.07. The van der Waals surface area contributed by atoms with Crippen LogP contribution in [0.4, 0.5) is 0 Å². The number of amides is 2. The molecule has 0 aromatic rings. The number of carbonyl (C=O) groups excluding carboxylic acids is 2. The maximum Gasteiger partial charge on any atom is 0.222 e. The first-order valence-corrected chi connectivity index (χ1v) is 19.5. The maximum atomic E-state index is 11.9. The number of hydrogen-bond acceptors (Lipinski definition) is 15. The van der Waals surface area contributed by atoms with Gasteiger partial charge in [-0.05, 0) is 11.8 Å². The SMILES string of the molecule is CCCOCCOCCOCCOCCNC(=O)CCOCCOCCOCCOCCNC(=O)CCOCCOCCOCCOCC(N)C(C)(C)C. The van der Waals surface area contributed by atoms with Gasteiger partial charge < -0.3 is 73.2 Å². The van der Waals surface area contributed by atoms with E-state index in [-0.39, 0.29) is 36.1 Å². The van der Waals surface area contributed by atoms with Crippen molar-refractivity contribution in [3.63, 3.8) is 0 Å². The van der Waals surface area contributed by atoms with Crippen molar-refractivity contribution in [3.8, 4) is 0 Å². The van der Waals surface area contributed by atoms with E-state index in [0.29, 0.717) is 165 Å². The smallest absolute Gasteiger partial charge is 0.222 e. The molecule has 0 heterocycles. The minimum atomic E-state index is -0.0968. The Morgan fingerprint density at radius 2 is 0.685 bits per heavy atom. The molecule has 17 heteroatoms. The molecule has 0 saturated carbocycles. The highest BCUT2D eigenvalue weighted by Crippen LogP contribution is 2.17. The lowest BCUT2D eigenvalue weighted by Crippen LogP contribution is -2.39. The highest BCUT2D eigenvalue weighted by Gasteiger charge is 2.20. The second kappa shape index (κ2) is 41.1. The zero-order valence-corrected chi connectivity index (χ0v) is 33.9. The van der Waals surface area contributed by atoms with Crippen LogP contribution in [0.1, 0.15) is 47.0 Å². The van der Waals surface area contributed by atoms with Crippen LogP contribution in [0.2, 0.25) is 0 Å². The van der Waals surface area contributed by atoms with Crippen molar-refractivity contribution in [1.82, 2.24) is 10.6 Å². The summed E-state index contributed by atoms with van der Waals surface area (Å²) in [6.45, 7) is 20.4. The molecule has 0 aromatic heterocycles. The molecular formula is C37H75N3O14. The van der Waals surface area contributed by atoms with Crippen LogP contribution in [-0.4, -0.2) is 190 Å². The summed E-state index contributed by atoms with van der Waals surface area (Å²) in [5.74, 6) is -0.188. The van der Waals surface area contributed by atoms with E-state index in [1.807, 2.05) is 0 Å². The van der Waals surface area contributed by atoms with Crippen LogP contribution in [0.3, 0.4) is 0 Å². The quantitative estimate of drug-likeness (QED) is 0.0741. The van der Waals surface area contributed by atoms with E-state index >= 15 is 0 Å². The lowest BCUT2D eigenvalue weighted by atomic mass is 9.88. The molecule has 0 fully saturated rings. The molecule has 1 unspecified atom stereocenters. The van der Waals surface area contributed by atoms with Gasteiger partial charge in [0.25, 0.3) is 0 Å². The highest BCUT2D eigenvalue weighted by molar-refractivity contribution is 5.76. The van der Waals surface area contributed by atoms with Gasteiger partial charge in [0.2, 0.25) is 11.8 Å². The van der Waals surface area contributed by atoms with Crippen LogP contribution in [0.5, 0.6) is 0 Å². The monoisotopic (exact) mass is 786 g/mol. The maximum absolute atomic E-state index is 11.9. The molecule has 0 aliphatic rings. The molecule has 0 bridgehead atoms. The first-order valence-electron chi connectivity index (χ1n) is 19.5. The summed E-state index contributed by atoms with van der Waals surface area (Å²) >= 11 is 0. The van der Waals surface area contributed by atoms with Crippen LogP contribution in [0, 0.1) is 5.41 Å². The summed E-state index contributed by atoms with van der Waals surface area (Å²) < 4.78 is 65.3. The Morgan fingerprint density at radius 3 is 0.981 bits per heavy atom. The minimum absolute atomic E-state index is 0.00942. The predicted octanol–water partition coefficient (Wildman–Crippen LogP) is 0.982. The van der Waals surface area contributed by atoms with E-state index in [2.05, 4.69) is 38.3 Å². The third-order valence-electron chi connectivity index (χ3n) is 7.19. The van der Waals surface area contributed by atoms with E-state index in [9.17, 15) is 9.59 Å². The molecule has 0 rings (SSSR count).